The van der Waals surface area contributed by atoms with Crippen molar-refractivity contribution < 1.29 is 18.7 Å². The molecule has 2 aliphatic rings. The van der Waals surface area contributed by atoms with Gasteiger partial charge in [-0.2, -0.15) is 5.26 Å². The number of nitriles is 1. The number of rotatable bonds is 5. The zero-order valence-electron chi connectivity index (χ0n) is 16.4. The van der Waals surface area contributed by atoms with Crippen molar-refractivity contribution >= 4 is 23.6 Å². The number of benzene rings is 2. The summed E-state index contributed by atoms with van der Waals surface area (Å²) in [4.78, 5) is 27.1. The minimum atomic E-state index is -0.539. The first-order valence-electron chi connectivity index (χ1n) is 9.96. The summed E-state index contributed by atoms with van der Waals surface area (Å²) >= 11 is 1.79. The first kappa shape index (κ1) is 20.4. The van der Waals surface area contributed by atoms with Gasteiger partial charge in [-0.15, -0.1) is 11.8 Å². The molecule has 2 aromatic carbocycles. The Labute approximate surface area is 178 Å². The second-order valence-electron chi connectivity index (χ2n) is 7.52. The molecule has 0 unspecified atom stereocenters. The van der Waals surface area contributed by atoms with E-state index < -0.39 is 5.82 Å². The topological polar surface area (TPSA) is 70.4 Å². The summed E-state index contributed by atoms with van der Waals surface area (Å²) in [6.07, 6.45) is 2.62. The minimum absolute atomic E-state index is 0.0205. The molecule has 5 nitrogen and oxygen atoms in total. The molecule has 2 heterocycles. The number of aryl methyl sites for hydroxylation is 1. The average molecular weight is 424 g/mol. The number of hydrogen-bond acceptors (Lipinski definition) is 5. The molecule has 4 rings (SSSR count). The van der Waals surface area contributed by atoms with Crippen molar-refractivity contribution in [3.05, 3.63) is 64.5 Å². The summed E-state index contributed by atoms with van der Waals surface area (Å²) < 4.78 is 18.8. The number of hydrogen-bond donors (Lipinski definition) is 0. The van der Waals surface area contributed by atoms with E-state index in [1.54, 1.807) is 23.9 Å². The lowest BCUT2D eigenvalue weighted by atomic mass is 10.1. The van der Waals surface area contributed by atoms with Gasteiger partial charge in [-0.25, -0.2) is 9.18 Å². The van der Waals surface area contributed by atoms with E-state index in [2.05, 4.69) is 0 Å². The molecular formula is C23H21FN2O3S. The highest BCUT2D eigenvalue weighted by Gasteiger charge is 2.25. The van der Waals surface area contributed by atoms with Crippen LogP contribution in [-0.4, -0.2) is 35.1 Å². The summed E-state index contributed by atoms with van der Waals surface area (Å²) in [6, 6.07) is 12.1. The number of esters is 1. The Hall–Kier alpha value is -2.85. The van der Waals surface area contributed by atoms with Crippen LogP contribution in [0.2, 0.25) is 0 Å². The first-order valence-corrected chi connectivity index (χ1v) is 10.8. The maximum atomic E-state index is 13.7. The van der Waals surface area contributed by atoms with Crippen molar-refractivity contribution in [2.24, 2.45) is 0 Å². The zero-order valence-corrected chi connectivity index (χ0v) is 17.2. The third-order valence-corrected chi connectivity index (χ3v) is 6.87. The second-order valence-corrected chi connectivity index (χ2v) is 8.89. The maximum Gasteiger partial charge on any atom is 0.338 e. The number of amides is 1. The van der Waals surface area contributed by atoms with Crippen LogP contribution in [0.15, 0.2) is 41.3 Å². The molecule has 154 valence electrons. The number of nitrogens with zero attached hydrogens (tertiary/aromatic N) is 2. The largest absolute Gasteiger partial charge is 0.457 e. The number of piperidine rings is 1. The molecule has 30 heavy (non-hydrogen) atoms. The number of fused-ring (bicyclic) bond motifs is 1. The Kier molecular flexibility index (Phi) is 6.05. The monoisotopic (exact) mass is 424 g/mol. The number of likely N-dealkylation sites (tertiary alicyclic amines) is 1. The number of thioether (sulfide) groups is 1. The molecule has 1 amide bonds. The first-order chi connectivity index (χ1) is 14.5. The Balaban J connectivity index is 1.25. The van der Waals surface area contributed by atoms with Crippen LogP contribution in [0.1, 0.15) is 46.3 Å². The van der Waals surface area contributed by atoms with Gasteiger partial charge >= 0.3 is 5.97 Å². The zero-order chi connectivity index (χ0) is 21.1. The molecule has 0 N–H and O–H groups in total. The number of halogens is 1. The summed E-state index contributed by atoms with van der Waals surface area (Å²) in [6.45, 7) is 1.77. The molecular weight excluding hydrogens is 403 g/mol. The van der Waals surface area contributed by atoms with Gasteiger partial charge in [-0.1, -0.05) is 6.07 Å². The van der Waals surface area contributed by atoms with Crippen molar-refractivity contribution in [2.75, 3.05) is 13.1 Å². The van der Waals surface area contributed by atoms with E-state index in [1.165, 1.54) is 12.1 Å². The molecule has 0 aliphatic carbocycles. The molecule has 0 spiro atoms. The lowest BCUT2D eigenvalue weighted by Crippen LogP contribution is -2.39. The van der Waals surface area contributed by atoms with Crippen LogP contribution in [0.4, 0.5) is 4.39 Å². The van der Waals surface area contributed by atoms with E-state index in [1.807, 2.05) is 23.1 Å². The number of cyclic esters (lactones) is 1. The normalized spacial score (nSPS) is 16.1. The van der Waals surface area contributed by atoms with Crippen molar-refractivity contribution in [3.63, 3.8) is 0 Å². The van der Waals surface area contributed by atoms with Gasteiger partial charge in [0.15, 0.2) is 0 Å². The van der Waals surface area contributed by atoms with Gasteiger partial charge in [0.1, 0.15) is 18.5 Å². The van der Waals surface area contributed by atoms with E-state index in [0.29, 0.717) is 43.4 Å². The number of carbonyl (C=O) groups is 2. The molecule has 7 heteroatoms. The number of ether oxygens (including phenoxy) is 1. The Bertz CT molecular complexity index is 1030. The van der Waals surface area contributed by atoms with Gasteiger partial charge in [0.25, 0.3) is 0 Å². The smallest absolute Gasteiger partial charge is 0.338 e. The van der Waals surface area contributed by atoms with Gasteiger partial charge in [0.05, 0.1) is 11.1 Å². The fourth-order valence-corrected chi connectivity index (χ4v) is 5.00. The van der Waals surface area contributed by atoms with Crippen LogP contribution in [0.3, 0.4) is 0 Å². The lowest BCUT2D eigenvalue weighted by Gasteiger charge is -2.32. The summed E-state index contributed by atoms with van der Waals surface area (Å²) in [5.74, 6) is -0.712. The van der Waals surface area contributed by atoms with Crippen molar-refractivity contribution in [3.8, 4) is 6.07 Å². The molecule has 0 aromatic heterocycles. The summed E-state index contributed by atoms with van der Waals surface area (Å²) in [5, 5.41) is 9.22. The van der Waals surface area contributed by atoms with Gasteiger partial charge in [0.2, 0.25) is 5.91 Å². The Morgan fingerprint density at radius 3 is 2.77 bits per heavy atom. The Morgan fingerprint density at radius 1 is 1.23 bits per heavy atom. The van der Waals surface area contributed by atoms with Gasteiger partial charge in [-0.3, -0.25) is 4.79 Å². The van der Waals surface area contributed by atoms with E-state index in [4.69, 9.17) is 10.00 Å². The molecule has 1 saturated heterocycles. The van der Waals surface area contributed by atoms with Crippen LogP contribution in [0, 0.1) is 17.1 Å². The predicted octanol–water partition coefficient (Wildman–Crippen LogP) is 4.08. The number of carbonyl (C=O) groups excluding carboxylic acids is 2. The van der Waals surface area contributed by atoms with Gasteiger partial charge < -0.3 is 9.64 Å². The SMILES string of the molecule is N#Cc1ccc(CCC(=O)N2CCC(Sc3ccc4c(c3)COC4=O)CC2)cc1F. The Morgan fingerprint density at radius 2 is 2.03 bits per heavy atom. The third-order valence-electron chi connectivity index (χ3n) is 5.53. The fraction of sp³-hybridized carbons (Fsp3) is 0.348. The molecule has 0 radical (unpaired) electrons. The molecule has 0 bridgehead atoms. The van der Waals surface area contributed by atoms with E-state index in [9.17, 15) is 14.0 Å². The predicted molar refractivity (Wildman–Crippen MR) is 110 cm³/mol. The van der Waals surface area contributed by atoms with Crippen molar-refractivity contribution in [2.45, 2.75) is 42.4 Å². The van der Waals surface area contributed by atoms with Crippen LogP contribution < -0.4 is 0 Å². The van der Waals surface area contributed by atoms with Crippen LogP contribution in [-0.2, 0) is 22.6 Å². The molecule has 1 fully saturated rings. The summed E-state index contributed by atoms with van der Waals surface area (Å²) in [7, 11) is 0. The second kappa shape index (κ2) is 8.88. The summed E-state index contributed by atoms with van der Waals surface area (Å²) in [5.41, 5.74) is 2.34. The standard InChI is InChI=1S/C23H21FN2O3S/c24-21-11-15(1-3-16(21)13-25)2-6-22(27)26-9-7-18(8-10-26)30-19-4-5-20-17(12-19)14-29-23(20)28/h1,3-5,11-12,18H,2,6-10,14H2. The van der Waals surface area contributed by atoms with Gasteiger partial charge in [-0.05, 0) is 55.2 Å². The minimum Gasteiger partial charge on any atom is -0.457 e. The van der Waals surface area contributed by atoms with E-state index >= 15 is 0 Å². The quantitative estimate of drug-likeness (QED) is 0.677. The highest BCUT2D eigenvalue weighted by atomic mass is 32.2. The van der Waals surface area contributed by atoms with Crippen molar-refractivity contribution in [1.29, 1.82) is 5.26 Å². The highest BCUT2D eigenvalue weighted by Crippen LogP contribution is 2.33. The highest BCUT2D eigenvalue weighted by molar-refractivity contribution is 8.00. The van der Waals surface area contributed by atoms with Gasteiger partial charge in [0, 0.05) is 35.2 Å². The third kappa shape index (κ3) is 4.49. The van der Waals surface area contributed by atoms with Crippen LogP contribution in [0.25, 0.3) is 0 Å². The lowest BCUT2D eigenvalue weighted by molar-refractivity contribution is -0.131. The van der Waals surface area contributed by atoms with E-state index in [-0.39, 0.29) is 17.4 Å². The molecule has 2 aliphatic heterocycles. The molecule has 0 saturated carbocycles. The van der Waals surface area contributed by atoms with Crippen LogP contribution >= 0.6 is 11.8 Å². The van der Waals surface area contributed by atoms with E-state index in [0.717, 1.165) is 28.9 Å². The average Bonchev–Trinajstić information content (AvgIpc) is 3.13. The molecule has 0 atom stereocenters. The molecule has 2 aromatic rings. The van der Waals surface area contributed by atoms with Crippen LogP contribution in [0.5, 0.6) is 0 Å². The fourth-order valence-electron chi connectivity index (χ4n) is 3.81. The maximum absolute atomic E-state index is 13.7. The van der Waals surface area contributed by atoms with Crippen molar-refractivity contribution in [1.82, 2.24) is 4.90 Å².